The maximum absolute atomic E-state index is 13.8. The number of carbonyl (C=O) groups is 2. The number of aromatic nitrogens is 2. The van der Waals surface area contributed by atoms with E-state index in [9.17, 15) is 9.59 Å². The number of rotatable bonds is 7. The first kappa shape index (κ1) is 27.0. The predicted octanol–water partition coefficient (Wildman–Crippen LogP) is 2.66. The Labute approximate surface area is 228 Å². The average molecular weight is 537 g/mol. The van der Waals surface area contributed by atoms with Crippen LogP contribution in [0.5, 0.6) is 0 Å². The number of esters is 1. The van der Waals surface area contributed by atoms with E-state index in [2.05, 4.69) is 15.4 Å². The zero-order chi connectivity index (χ0) is 27.6. The number of aryl methyl sites for hydroxylation is 1. The lowest BCUT2D eigenvalue weighted by molar-refractivity contribution is -0.186. The van der Waals surface area contributed by atoms with Gasteiger partial charge in [0.2, 0.25) is 11.9 Å². The van der Waals surface area contributed by atoms with Crippen molar-refractivity contribution in [2.24, 2.45) is 10.5 Å². The Morgan fingerprint density at radius 1 is 1.15 bits per heavy atom. The lowest BCUT2D eigenvalue weighted by Gasteiger charge is -2.41. The summed E-state index contributed by atoms with van der Waals surface area (Å²) < 4.78 is 16.5. The van der Waals surface area contributed by atoms with Crippen molar-refractivity contribution in [2.75, 3.05) is 49.8 Å². The maximum Gasteiger partial charge on any atom is 0.307 e. The summed E-state index contributed by atoms with van der Waals surface area (Å²) in [6, 6.07) is 8.02. The van der Waals surface area contributed by atoms with E-state index in [1.165, 1.54) is 0 Å². The van der Waals surface area contributed by atoms with Crippen molar-refractivity contribution in [3.8, 4) is 0 Å². The van der Waals surface area contributed by atoms with E-state index < -0.39 is 17.0 Å². The Balaban J connectivity index is 1.36. The first-order valence-electron chi connectivity index (χ1n) is 13.3. The summed E-state index contributed by atoms with van der Waals surface area (Å²) in [7, 11) is 0. The number of nitrogens with zero attached hydrogens (tertiary/aromatic N) is 5. The summed E-state index contributed by atoms with van der Waals surface area (Å²) in [6.07, 6.45) is 1.71. The molecule has 2 aromatic rings. The highest BCUT2D eigenvalue weighted by Gasteiger charge is 2.51. The predicted molar refractivity (Wildman–Crippen MR) is 145 cm³/mol. The minimum atomic E-state index is -0.921. The molecule has 11 nitrogen and oxygen atoms in total. The fraction of sp³-hybridized carbons (Fsp3) is 0.536. The van der Waals surface area contributed by atoms with Gasteiger partial charge in [0.15, 0.2) is 0 Å². The number of amides is 1. The van der Waals surface area contributed by atoms with Crippen LogP contribution in [-0.4, -0.2) is 78.1 Å². The number of fused-ring (bicyclic) bond motifs is 1. The van der Waals surface area contributed by atoms with E-state index in [0.29, 0.717) is 45.3 Å². The van der Waals surface area contributed by atoms with Crippen molar-refractivity contribution in [1.82, 2.24) is 14.9 Å². The molecule has 0 unspecified atom stereocenters. The van der Waals surface area contributed by atoms with E-state index in [4.69, 9.17) is 24.2 Å². The summed E-state index contributed by atoms with van der Waals surface area (Å²) in [6.45, 7) is 11.1. The molecular weight excluding hydrogens is 500 g/mol. The van der Waals surface area contributed by atoms with E-state index in [0.717, 1.165) is 28.2 Å². The molecule has 39 heavy (non-hydrogen) atoms. The number of nitrogens with one attached hydrogen (secondary N) is 1. The number of carbonyl (C=O) groups excluding carboxylic acids is 2. The third-order valence-electron chi connectivity index (χ3n) is 6.89. The zero-order valence-corrected chi connectivity index (χ0v) is 23.0. The van der Waals surface area contributed by atoms with Gasteiger partial charge < -0.3 is 24.0 Å². The Kier molecular flexibility index (Phi) is 7.55. The summed E-state index contributed by atoms with van der Waals surface area (Å²) in [4.78, 5) is 39.8. The summed E-state index contributed by atoms with van der Waals surface area (Å²) >= 11 is 0. The van der Waals surface area contributed by atoms with Gasteiger partial charge in [-0.15, -0.1) is 0 Å². The molecule has 0 saturated carbocycles. The highest BCUT2D eigenvalue weighted by molar-refractivity contribution is 5.89. The lowest BCUT2D eigenvalue weighted by atomic mass is 9.81. The molecule has 1 amide bonds. The van der Waals surface area contributed by atoms with E-state index >= 15 is 0 Å². The van der Waals surface area contributed by atoms with Crippen LogP contribution < -0.4 is 10.3 Å². The second kappa shape index (κ2) is 10.9. The molecule has 208 valence electrons. The van der Waals surface area contributed by atoms with Gasteiger partial charge in [0.25, 0.3) is 0 Å². The molecule has 2 fully saturated rings. The van der Waals surface area contributed by atoms with Crippen molar-refractivity contribution in [2.45, 2.75) is 52.8 Å². The molecule has 2 saturated heterocycles. The fourth-order valence-corrected chi connectivity index (χ4v) is 5.02. The van der Waals surface area contributed by atoms with Crippen LogP contribution in [0.4, 0.5) is 11.8 Å². The first-order valence-corrected chi connectivity index (χ1v) is 13.3. The van der Waals surface area contributed by atoms with E-state index in [-0.39, 0.29) is 25.5 Å². The second-order valence-corrected chi connectivity index (χ2v) is 11.4. The molecule has 0 radical (unpaired) electrons. The van der Waals surface area contributed by atoms with E-state index in [1.807, 2.05) is 52.0 Å². The van der Waals surface area contributed by atoms with Crippen molar-refractivity contribution in [3.63, 3.8) is 0 Å². The molecule has 0 spiro atoms. The molecule has 5 rings (SSSR count). The Morgan fingerprint density at radius 3 is 2.59 bits per heavy atom. The molecule has 11 heteroatoms. The van der Waals surface area contributed by atoms with Crippen molar-refractivity contribution >= 4 is 29.9 Å². The third-order valence-corrected chi connectivity index (χ3v) is 6.89. The van der Waals surface area contributed by atoms with Gasteiger partial charge in [-0.25, -0.2) is 10.4 Å². The van der Waals surface area contributed by atoms with Crippen molar-refractivity contribution in [1.29, 1.82) is 0 Å². The monoisotopic (exact) mass is 536 g/mol. The zero-order valence-electron chi connectivity index (χ0n) is 23.0. The highest BCUT2D eigenvalue weighted by Crippen LogP contribution is 2.39. The number of benzene rings is 1. The van der Waals surface area contributed by atoms with Crippen LogP contribution in [0, 0.1) is 12.3 Å². The number of hydrogen-bond donors (Lipinski definition) is 1. The molecule has 1 aromatic heterocycles. The summed E-state index contributed by atoms with van der Waals surface area (Å²) in [5, 5.41) is 4.35. The Bertz CT molecular complexity index is 1260. The molecule has 1 N–H and O–H groups in total. The van der Waals surface area contributed by atoms with Crippen LogP contribution in [0.15, 0.2) is 29.4 Å². The van der Waals surface area contributed by atoms with Crippen LogP contribution in [0.1, 0.15) is 49.6 Å². The van der Waals surface area contributed by atoms with Crippen molar-refractivity contribution in [3.05, 3.63) is 46.6 Å². The molecule has 3 aliphatic heterocycles. The molecule has 0 aliphatic carbocycles. The van der Waals surface area contributed by atoms with Gasteiger partial charge >= 0.3 is 5.97 Å². The number of anilines is 2. The average Bonchev–Trinajstić information content (AvgIpc) is 3.29. The van der Waals surface area contributed by atoms with Gasteiger partial charge in [-0.2, -0.15) is 10.1 Å². The largest absolute Gasteiger partial charge is 0.460 e. The van der Waals surface area contributed by atoms with E-state index in [1.54, 1.807) is 11.1 Å². The Morgan fingerprint density at radius 2 is 1.92 bits per heavy atom. The molecule has 0 atom stereocenters. The first-order chi connectivity index (χ1) is 18.6. The van der Waals surface area contributed by atoms with Gasteiger partial charge in [0, 0.05) is 18.7 Å². The van der Waals surface area contributed by atoms with Crippen LogP contribution in [0.3, 0.4) is 0 Å². The number of morpholine rings is 1. The fourth-order valence-electron chi connectivity index (χ4n) is 5.02. The van der Waals surface area contributed by atoms with Gasteiger partial charge in [0.05, 0.1) is 57.8 Å². The second-order valence-electron chi connectivity index (χ2n) is 11.4. The molecule has 4 heterocycles. The molecular formula is C28H36N6O5. The quantitative estimate of drug-likeness (QED) is 0.324. The number of hydrogen-bond acceptors (Lipinski definition) is 10. The minimum Gasteiger partial charge on any atom is -0.460 e. The molecule has 1 aromatic carbocycles. The number of ether oxygens (including phenoxy) is 3. The Hall–Kier alpha value is -3.57. The summed E-state index contributed by atoms with van der Waals surface area (Å²) in [5.74, 6) is 0.613. The SMILES string of the molecule is Cc1cccc(/C=N/Nc2nc3c(c(N4CCOCC4)n2)CN(C(=O)C2(CC(=O)OC(C)(C)C)COC2)C3)c1. The minimum absolute atomic E-state index is 0.0154. The van der Waals surface area contributed by atoms with Crippen molar-refractivity contribution < 1.29 is 23.8 Å². The van der Waals surface area contributed by atoms with Crippen LogP contribution in [0.2, 0.25) is 0 Å². The van der Waals surface area contributed by atoms with Crippen LogP contribution >= 0.6 is 0 Å². The van der Waals surface area contributed by atoms with Crippen LogP contribution in [0.25, 0.3) is 0 Å². The highest BCUT2D eigenvalue weighted by atomic mass is 16.6. The van der Waals surface area contributed by atoms with Gasteiger partial charge in [-0.3, -0.25) is 9.59 Å². The topological polar surface area (TPSA) is 118 Å². The maximum atomic E-state index is 13.8. The van der Waals surface area contributed by atoms with Crippen LogP contribution in [-0.2, 0) is 36.9 Å². The molecule has 0 bridgehead atoms. The molecule has 3 aliphatic rings. The smallest absolute Gasteiger partial charge is 0.307 e. The standard InChI is InChI=1S/C28H36N6O5/c1-19-6-5-7-20(12-19)14-29-32-26-30-22-16-34(15-21(22)24(31-26)33-8-10-37-11-9-33)25(36)28(17-38-18-28)13-23(35)39-27(2,3)4/h5-7,12,14H,8-11,13,15-18H2,1-4H3,(H,30,31,32)/b29-14+. The van der Waals surface area contributed by atoms with Gasteiger partial charge in [0.1, 0.15) is 16.8 Å². The lowest BCUT2D eigenvalue weighted by Crippen LogP contribution is -2.55. The van der Waals surface area contributed by atoms with Gasteiger partial charge in [-0.1, -0.05) is 29.8 Å². The van der Waals surface area contributed by atoms with Gasteiger partial charge in [-0.05, 0) is 33.3 Å². The third kappa shape index (κ3) is 6.20. The summed E-state index contributed by atoms with van der Waals surface area (Å²) in [5.41, 5.74) is 5.21. The number of hydrazone groups is 1. The normalized spacial score (nSPS) is 18.6.